The van der Waals surface area contributed by atoms with Gasteiger partial charge in [-0.2, -0.15) is 0 Å². The summed E-state index contributed by atoms with van der Waals surface area (Å²) in [7, 11) is 0. The number of non-ortho nitro benzene ring substituents is 1. The van der Waals surface area contributed by atoms with Crippen LogP contribution in [-0.2, 0) is 6.42 Å². The van der Waals surface area contributed by atoms with Crippen LogP contribution in [0.5, 0.6) is 0 Å². The Kier molecular flexibility index (Phi) is 5.31. The Hall–Kier alpha value is -1.91. The van der Waals surface area contributed by atoms with Crippen molar-refractivity contribution < 1.29 is 4.92 Å². The average Bonchev–Trinajstić information content (AvgIpc) is 2.48. The van der Waals surface area contributed by atoms with Crippen LogP contribution < -0.4 is 5.32 Å². The Balaban J connectivity index is 1.86. The monoisotopic (exact) mass is 304 g/mol. The lowest BCUT2D eigenvalue weighted by Crippen LogP contribution is -2.21. The smallest absolute Gasteiger partial charge is 0.269 e. The van der Waals surface area contributed by atoms with Crippen LogP contribution in [0.15, 0.2) is 48.5 Å². The summed E-state index contributed by atoms with van der Waals surface area (Å²) in [5.41, 5.74) is 2.26. The number of nitrogens with zero attached hydrogens (tertiary/aromatic N) is 1. The number of halogens is 1. The average molecular weight is 305 g/mol. The van der Waals surface area contributed by atoms with Crippen LogP contribution in [0.3, 0.4) is 0 Å². The van der Waals surface area contributed by atoms with Gasteiger partial charge in [0.15, 0.2) is 0 Å². The van der Waals surface area contributed by atoms with E-state index in [9.17, 15) is 10.1 Å². The highest BCUT2D eigenvalue weighted by Crippen LogP contribution is 2.22. The van der Waals surface area contributed by atoms with E-state index in [0.717, 1.165) is 29.1 Å². The lowest BCUT2D eigenvalue weighted by Gasteiger charge is -2.15. The van der Waals surface area contributed by atoms with Gasteiger partial charge in [-0.3, -0.25) is 10.1 Å². The Morgan fingerprint density at radius 1 is 1.19 bits per heavy atom. The molecule has 0 aromatic heterocycles. The van der Waals surface area contributed by atoms with Crippen LogP contribution >= 0.6 is 11.6 Å². The van der Waals surface area contributed by atoms with Crippen molar-refractivity contribution in [2.24, 2.45) is 0 Å². The third kappa shape index (κ3) is 4.28. The van der Waals surface area contributed by atoms with Gasteiger partial charge in [-0.05, 0) is 37.1 Å². The summed E-state index contributed by atoms with van der Waals surface area (Å²) < 4.78 is 0. The van der Waals surface area contributed by atoms with Gasteiger partial charge in [-0.1, -0.05) is 41.9 Å². The van der Waals surface area contributed by atoms with Crippen LogP contribution in [0.2, 0.25) is 5.02 Å². The van der Waals surface area contributed by atoms with E-state index in [1.807, 2.05) is 24.3 Å². The van der Waals surface area contributed by atoms with Gasteiger partial charge in [-0.15, -0.1) is 0 Å². The predicted molar refractivity (Wildman–Crippen MR) is 84.7 cm³/mol. The first-order chi connectivity index (χ1) is 10.1. The fraction of sp³-hybridized carbons (Fsp3) is 0.250. The maximum Gasteiger partial charge on any atom is 0.269 e. The Bertz CT molecular complexity index is 614. The maximum absolute atomic E-state index is 10.6. The number of hydrogen-bond donors (Lipinski definition) is 1. The number of nitrogens with one attached hydrogen (secondary N) is 1. The molecule has 0 amide bonds. The molecule has 0 saturated carbocycles. The van der Waals surface area contributed by atoms with Gasteiger partial charge in [0.1, 0.15) is 0 Å². The number of nitro groups is 1. The molecule has 0 saturated heterocycles. The van der Waals surface area contributed by atoms with Gasteiger partial charge in [0.05, 0.1) is 4.92 Å². The van der Waals surface area contributed by atoms with Crippen LogP contribution in [0.25, 0.3) is 0 Å². The van der Waals surface area contributed by atoms with Gasteiger partial charge >= 0.3 is 0 Å². The van der Waals surface area contributed by atoms with E-state index in [1.165, 1.54) is 12.1 Å². The Morgan fingerprint density at radius 2 is 1.86 bits per heavy atom. The maximum atomic E-state index is 10.6. The molecule has 5 heteroatoms. The predicted octanol–water partition coefficient (Wildman–Crippen LogP) is 4.14. The molecule has 0 fully saturated rings. The molecule has 2 rings (SSSR count). The van der Waals surface area contributed by atoms with Crippen molar-refractivity contribution in [2.75, 3.05) is 6.54 Å². The van der Waals surface area contributed by atoms with Crippen molar-refractivity contribution in [2.45, 2.75) is 19.4 Å². The number of benzene rings is 2. The second kappa shape index (κ2) is 7.20. The van der Waals surface area contributed by atoms with E-state index in [1.54, 1.807) is 12.1 Å². The summed E-state index contributed by atoms with van der Waals surface area (Å²) in [5, 5.41) is 14.7. The summed E-state index contributed by atoms with van der Waals surface area (Å²) in [6.07, 6.45) is 0.812. The molecule has 1 N–H and O–H groups in total. The molecule has 1 atom stereocenters. The molecule has 0 bridgehead atoms. The standard InChI is InChI=1S/C16H17ClN2O2/c1-12(15-4-2-3-5-16(15)17)18-11-10-13-6-8-14(9-7-13)19(20)21/h2-9,12,18H,10-11H2,1H3/t12-/m1/s1. The summed E-state index contributed by atoms with van der Waals surface area (Å²) in [4.78, 5) is 10.2. The second-order valence-electron chi connectivity index (χ2n) is 4.87. The molecule has 21 heavy (non-hydrogen) atoms. The molecule has 0 unspecified atom stereocenters. The normalized spacial score (nSPS) is 12.1. The van der Waals surface area contributed by atoms with E-state index in [0.29, 0.717) is 0 Å². The van der Waals surface area contributed by atoms with E-state index >= 15 is 0 Å². The highest BCUT2D eigenvalue weighted by molar-refractivity contribution is 6.31. The largest absolute Gasteiger partial charge is 0.310 e. The first-order valence-corrected chi connectivity index (χ1v) is 7.17. The first-order valence-electron chi connectivity index (χ1n) is 6.79. The molecule has 0 aliphatic carbocycles. The topological polar surface area (TPSA) is 55.2 Å². The molecular weight excluding hydrogens is 288 g/mol. The van der Waals surface area contributed by atoms with E-state index in [-0.39, 0.29) is 16.7 Å². The SMILES string of the molecule is C[C@@H](NCCc1ccc([N+](=O)[O-])cc1)c1ccccc1Cl. The molecule has 110 valence electrons. The van der Waals surface area contributed by atoms with E-state index in [4.69, 9.17) is 11.6 Å². The summed E-state index contributed by atoms with van der Waals surface area (Å²) in [6, 6.07) is 14.6. The highest BCUT2D eigenvalue weighted by atomic mass is 35.5. The quantitative estimate of drug-likeness (QED) is 0.644. The number of rotatable bonds is 6. The van der Waals surface area contributed by atoms with Crippen molar-refractivity contribution in [1.82, 2.24) is 5.32 Å². The molecule has 0 aliphatic rings. The zero-order valence-electron chi connectivity index (χ0n) is 11.8. The highest BCUT2D eigenvalue weighted by Gasteiger charge is 2.08. The fourth-order valence-corrected chi connectivity index (χ4v) is 2.45. The van der Waals surface area contributed by atoms with E-state index in [2.05, 4.69) is 12.2 Å². The Morgan fingerprint density at radius 3 is 2.48 bits per heavy atom. The Labute approximate surface area is 128 Å². The van der Waals surface area contributed by atoms with Crippen LogP contribution in [0, 0.1) is 10.1 Å². The molecule has 0 aliphatic heterocycles. The van der Waals surface area contributed by atoms with Crippen molar-refractivity contribution in [3.8, 4) is 0 Å². The lowest BCUT2D eigenvalue weighted by atomic mass is 10.1. The van der Waals surface area contributed by atoms with Crippen LogP contribution in [0.1, 0.15) is 24.1 Å². The van der Waals surface area contributed by atoms with Gasteiger partial charge in [-0.25, -0.2) is 0 Å². The van der Waals surface area contributed by atoms with Gasteiger partial charge in [0.25, 0.3) is 5.69 Å². The minimum absolute atomic E-state index is 0.121. The van der Waals surface area contributed by atoms with Crippen LogP contribution in [0.4, 0.5) is 5.69 Å². The molecule has 0 heterocycles. The number of nitro benzene ring substituents is 1. The van der Waals surface area contributed by atoms with Crippen molar-refractivity contribution in [3.63, 3.8) is 0 Å². The third-order valence-corrected chi connectivity index (χ3v) is 3.73. The fourth-order valence-electron chi connectivity index (χ4n) is 2.15. The molecule has 2 aromatic rings. The number of hydrogen-bond acceptors (Lipinski definition) is 3. The van der Waals surface area contributed by atoms with Crippen molar-refractivity contribution in [1.29, 1.82) is 0 Å². The zero-order chi connectivity index (χ0) is 15.2. The molecule has 2 aromatic carbocycles. The van der Waals surface area contributed by atoms with Gasteiger partial charge in [0.2, 0.25) is 0 Å². The molecule has 4 nitrogen and oxygen atoms in total. The van der Waals surface area contributed by atoms with Gasteiger partial charge < -0.3 is 5.32 Å². The summed E-state index contributed by atoms with van der Waals surface area (Å²) >= 11 is 6.16. The van der Waals surface area contributed by atoms with Crippen LogP contribution in [-0.4, -0.2) is 11.5 Å². The molecular formula is C16H17ClN2O2. The zero-order valence-corrected chi connectivity index (χ0v) is 12.5. The van der Waals surface area contributed by atoms with E-state index < -0.39 is 0 Å². The summed E-state index contributed by atoms with van der Waals surface area (Å²) in [6.45, 7) is 2.85. The minimum Gasteiger partial charge on any atom is -0.310 e. The summed E-state index contributed by atoms with van der Waals surface area (Å²) in [5.74, 6) is 0. The van der Waals surface area contributed by atoms with Crippen molar-refractivity contribution in [3.05, 3.63) is 74.8 Å². The molecule has 0 spiro atoms. The second-order valence-corrected chi connectivity index (χ2v) is 5.28. The third-order valence-electron chi connectivity index (χ3n) is 3.38. The van der Waals surface area contributed by atoms with Gasteiger partial charge in [0, 0.05) is 23.2 Å². The first kappa shape index (κ1) is 15.5. The van der Waals surface area contributed by atoms with Crippen molar-refractivity contribution >= 4 is 17.3 Å². The lowest BCUT2D eigenvalue weighted by molar-refractivity contribution is -0.384. The molecule has 0 radical (unpaired) electrons. The minimum atomic E-state index is -0.387.